The number of benzene rings is 2. The summed E-state index contributed by atoms with van der Waals surface area (Å²) in [5.74, 6) is 0.382. The first kappa shape index (κ1) is 17.8. The molecule has 128 valence electrons. The molecule has 2 rings (SSSR count). The van der Waals surface area contributed by atoms with Crippen LogP contribution >= 0.6 is 0 Å². The summed E-state index contributed by atoms with van der Waals surface area (Å²) in [6.45, 7) is 1.73. The molecule has 0 heterocycles. The van der Waals surface area contributed by atoms with Crippen molar-refractivity contribution in [2.45, 2.75) is 19.4 Å². The highest BCUT2D eigenvalue weighted by Gasteiger charge is 2.07. The summed E-state index contributed by atoms with van der Waals surface area (Å²) in [7, 11) is 1.78. The molecular weight excluding hydrogens is 307 g/mol. The first-order chi connectivity index (χ1) is 11.6. The molecule has 0 spiro atoms. The Morgan fingerprint density at radius 1 is 1.08 bits per heavy atom. The topological polar surface area (TPSA) is 41.6 Å². The highest BCUT2D eigenvalue weighted by atomic mass is 19.1. The minimum atomic E-state index is -0.273. The molecule has 1 N–H and O–H groups in total. The van der Waals surface area contributed by atoms with E-state index in [-0.39, 0.29) is 11.8 Å². The van der Waals surface area contributed by atoms with E-state index in [1.54, 1.807) is 24.1 Å². The van der Waals surface area contributed by atoms with E-state index in [4.69, 9.17) is 4.74 Å². The minimum Gasteiger partial charge on any atom is -0.494 e. The number of ether oxygens (including phenoxy) is 1. The molecular formula is C19H23FN2O2. The summed E-state index contributed by atoms with van der Waals surface area (Å²) in [5.41, 5.74) is 1.10. The van der Waals surface area contributed by atoms with Crippen LogP contribution in [-0.4, -0.2) is 31.1 Å². The van der Waals surface area contributed by atoms with Crippen molar-refractivity contribution in [1.29, 1.82) is 0 Å². The van der Waals surface area contributed by atoms with Crippen molar-refractivity contribution in [2.75, 3.05) is 20.2 Å². The minimum absolute atomic E-state index is 0.0849. The fourth-order valence-corrected chi connectivity index (χ4v) is 2.21. The van der Waals surface area contributed by atoms with Gasteiger partial charge in [-0.15, -0.1) is 0 Å². The van der Waals surface area contributed by atoms with Crippen LogP contribution in [0.2, 0.25) is 0 Å². The van der Waals surface area contributed by atoms with Crippen LogP contribution in [0.15, 0.2) is 54.6 Å². The Bertz CT molecular complexity index is 617. The summed E-state index contributed by atoms with van der Waals surface area (Å²) in [4.78, 5) is 13.6. The molecule has 0 saturated heterocycles. The molecule has 0 fully saturated rings. The molecule has 0 aromatic heterocycles. The second kappa shape index (κ2) is 9.55. The van der Waals surface area contributed by atoms with E-state index < -0.39 is 0 Å². The third kappa shape index (κ3) is 6.28. The van der Waals surface area contributed by atoms with E-state index in [9.17, 15) is 9.18 Å². The molecule has 4 nitrogen and oxygen atoms in total. The number of hydrogen-bond donors (Lipinski definition) is 1. The van der Waals surface area contributed by atoms with E-state index in [0.29, 0.717) is 25.4 Å². The van der Waals surface area contributed by atoms with Gasteiger partial charge in [-0.05, 0) is 42.7 Å². The second-order valence-electron chi connectivity index (χ2n) is 5.58. The fraction of sp³-hybridized carbons (Fsp3) is 0.316. The highest BCUT2D eigenvalue weighted by molar-refractivity contribution is 5.73. The van der Waals surface area contributed by atoms with Gasteiger partial charge >= 0.3 is 6.03 Å². The molecule has 0 unspecified atom stereocenters. The third-order valence-corrected chi connectivity index (χ3v) is 3.54. The van der Waals surface area contributed by atoms with Crippen molar-refractivity contribution < 1.29 is 13.9 Å². The molecule has 0 saturated carbocycles. The largest absolute Gasteiger partial charge is 0.494 e. The van der Waals surface area contributed by atoms with Gasteiger partial charge in [-0.2, -0.15) is 0 Å². The number of nitrogens with one attached hydrogen (secondary N) is 1. The Morgan fingerprint density at radius 2 is 1.79 bits per heavy atom. The van der Waals surface area contributed by atoms with E-state index in [1.165, 1.54) is 12.1 Å². The standard InChI is InChI=1S/C19H23FN2O2/c1-22(15-16-7-3-2-4-8-16)19(23)21-13-5-6-14-24-18-11-9-17(20)10-12-18/h2-4,7-12H,5-6,13-15H2,1H3,(H,21,23). The summed E-state index contributed by atoms with van der Waals surface area (Å²) in [6.07, 6.45) is 1.65. The van der Waals surface area contributed by atoms with E-state index in [2.05, 4.69) is 5.32 Å². The molecule has 2 aromatic carbocycles. The van der Waals surface area contributed by atoms with Gasteiger partial charge in [0.2, 0.25) is 0 Å². The van der Waals surface area contributed by atoms with Gasteiger partial charge < -0.3 is 15.0 Å². The first-order valence-electron chi connectivity index (χ1n) is 8.06. The van der Waals surface area contributed by atoms with E-state index >= 15 is 0 Å². The van der Waals surface area contributed by atoms with Crippen LogP contribution in [-0.2, 0) is 6.54 Å². The van der Waals surface area contributed by atoms with Crippen molar-refractivity contribution in [3.63, 3.8) is 0 Å². The molecule has 2 aromatic rings. The lowest BCUT2D eigenvalue weighted by atomic mass is 10.2. The lowest BCUT2D eigenvalue weighted by Gasteiger charge is -2.18. The quantitative estimate of drug-likeness (QED) is 0.748. The number of amides is 2. The lowest BCUT2D eigenvalue weighted by Crippen LogP contribution is -2.37. The predicted octanol–water partition coefficient (Wildman–Crippen LogP) is 3.83. The van der Waals surface area contributed by atoms with Crippen LogP contribution in [0.25, 0.3) is 0 Å². The maximum atomic E-state index is 12.8. The van der Waals surface area contributed by atoms with Gasteiger partial charge in [0.05, 0.1) is 6.61 Å². The molecule has 0 bridgehead atoms. The molecule has 0 atom stereocenters. The van der Waals surface area contributed by atoms with Gasteiger partial charge in [0, 0.05) is 20.1 Å². The summed E-state index contributed by atoms with van der Waals surface area (Å²) < 4.78 is 18.3. The van der Waals surface area contributed by atoms with Gasteiger partial charge in [0.15, 0.2) is 0 Å². The molecule has 5 heteroatoms. The van der Waals surface area contributed by atoms with Crippen molar-refractivity contribution in [3.8, 4) is 5.75 Å². The molecule has 2 amide bonds. The number of carbonyl (C=O) groups is 1. The van der Waals surface area contributed by atoms with Gasteiger partial charge in [0.1, 0.15) is 11.6 Å². The normalized spacial score (nSPS) is 10.2. The number of nitrogens with zero attached hydrogens (tertiary/aromatic N) is 1. The van der Waals surface area contributed by atoms with Crippen LogP contribution in [0.1, 0.15) is 18.4 Å². The van der Waals surface area contributed by atoms with Crippen molar-refractivity contribution in [3.05, 3.63) is 66.0 Å². The average molecular weight is 330 g/mol. The van der Waals surface area contributed by atoms with Crippen LogP contribution in [0.4, 0.5) is 9.18 Å². The maximum Gasteiger partial charge on any atom is 0.317 e. The Balaban J connectivity index is 1.56. The van der Waals surface area contributed by atoms with Gasteiger partial charge in [-0.1, -0.05) is 30.3 Å². The smallest absolute Gasteiger partial charge is 0.317 e. The highest BCUT2D eigenvalue weighted by Crippen LogP contribution is 2.11. The van der Waals surface area contributed by atoms with E-state index in [0.717, 1.165) is 18.4 Å². The molecule has 0 aliphatic heterocycles. The second-order valence-corrected chi connectivity index (χ2v) is 5.58. The molecule has 0 aliphatic rings. The van der Waals surface area contributed by atoms with Crippen LogP contribution < -0.4 is 10.1 Å². The summed E-state index contributed by atoms with van der Waals surface area (Å²) in [5, 5.41) is 2.89. The Morgan fingerprint density at radius 3 is 2.50 bits per heavy atom. The van der Waals surface area contributed by atoms with Gasteiger partial charge in [0.25, 0.3) is 0 Å². The zero-order valence-electron chi connectivity index (χ0n) is 13.9. The Labute approximate surface area is 142 Å². The maximum absolute atomic E-state index is 12.8. The summed E-state index contributed by atoms with van der Waals surface area (Å²) >= 11 is 0. The number of unbranched alkanes of at least 4 members (excludes halogenated alkanes) is 1. The van der Waals surface area contributed by atoms with Crippen molar-refractivity contribution in [2.24, 2.45) is 0 Å². The number of hydrogen-bond acceptors (Lipinski definition) is 2. The molecule has 0 radical (unpaired) electrons. The zero-order valence-corrected chi connectivity index (χ0v) is 13.9. The number of rotatable bonds is 8. The predicted molar refractivity (Wildman–Crippen MR) is 92.4 cm³/mol. The SMILES string of the molecule is CN(Cc1ccccc1)C(=O)NCCCCOc1ccc(F)cc1. The third-order valence-electron chi connectivity index (χ3n) is 3.54. The van der Waals surface area contributed by atoms with Crippen LogP contribution in [0.5, 0.6) is 5.75 Å². The zero-order chi connectivity index (χ0) is 17.2. The average Bonchev–Trinajstić information content (AvgIpc) is 2.60. The lowest BCUT2D eigenvalue weighted by molar-refractivity contribution is 0.206. The van der Waals surface area contributed by atoms with E-state index in [1.807, 2.05) is 30.3 Å². The van der Waals surface area contributed by atoms with Gasteiger partial charge in [-0.3, -0.25) is 0 Å². The van der Waals surface area contributed by atoms with Crippen molar-refractivity contribution >= 4 is 6.03 Å². The van der Waals surface area contributed by atoms with Crippen LogP contribution in [0.3, 0.4) is 0 Å². The molecule has 0 aliphatic carbocycles. The number of carbonyl (C=O) groups excluding carboxylic acids is 1. The summed E-state index contributed by atoms with van der Waals surface area (Å²) in [6, 6.07) is 15.7. The Hall–Kier alpha value is -2.56. The number of urea groups is 1. The first-order valence-corrected chi connectivity index (χ1v) is 8.06. The van der Waals surface area contributed by atoms with Crippen LogP contribution in [0, 0.1) is 5.82 Å². The Kier molecular flexibility index (Phi) is 7.08. The fourth-order valence-electron chi connectivity index (χ4n) is 2.21. The van der Waals surface area contributed by atoms with Crippen molar-refractivity contribution in [1.82, 2.24) is 10.2 Å². The van der Waals surface area contributed by atoms with Gasteiger partial charge in [-0.25, -0.2) is 9.18 Å². The monoisotopic (exact) mass is 330 g/mol. The number of halogens is 1. The molecule has 24 heavy (non-hydrogen) atoms.